The van der Waals surface area contributed by atoms with Gasteiger partial charge < -0.3 is 5.73 Å². The molecule has 0 bridgehead atoms. The van der Waals surface area contributed by atoms with E-state index in [9.17, 15) is 4.79 Å². The number of nitriles is 1. The highest BCUT2D eigenvalue weighted by Gasteiger charge is 2.28. The summed E-state index contributed by atoms with van der Waals surface area (Å²) in [5.41, 5.74) is 7.24. The summed E-state index contributed by atoms with van der Waals surface area (Å²) in [6.45, 7) is 3.72. The molecule has 0 spiro atoms. The number of nitrogens with two attached hydrogens (primary N) is 1. The molecule has 1 aliphatic rings. The summed E-state index contributed by atoms with van der Waals surface area (Å²) in [4.78, 5) is 13.6. The Kier molecular flexibility index (Phi) is 4.18. The molecule has 1 fully saturated rings. The molecule has 1 saturated heterocycles. The number of rotatable bonds is 3. The van der Waals surface area contributed by atoms with Crippen LogP contribution in [0.15, 0.2) is 24.3 Å². The highest BCUT2D eigenvalue weighted by molar-refractivity contribution is 5.76. The number of amides is 1. The third-order valence-corrected chi connectivity index (χ3v) is 3.88. The van der Waals surface area contributed by atoms with Gasteiger partial charge in [-0.2, -0.15) is 5.26 Å². The van der Waals surface area contributed by atoms with Gasteiger partial charge in [0.25, 0.3) is 0 Å². The summed E-state index contributed by atoms with van der Waals surface area (Å²) < 4.78 is 0. The topological polar surface area (TPSA) is 70.1 Å². The molecule has 2 unspecified atom stereocenters. The number of hydrogen-bond donors (Lipinski definition) is 1. The molecule has 0 saturated carbocycles. The maximum Gasteiger partial charge on any atom is 0.221 e. The van der Waals surface area contributed by atoms with Gasteiger partial charge in [-0.15, -0.1) is 0 Å². The van der Waals surface area contributed by atoms with Crippen molar-refractivity contribution in [2.45, 2.75) is 32.4 Å². The van der Waals surface area contributed by atoms with Crippen molar-refractivity contribution in [1.82, 2.24) is 4.90 Å². The molecule has 0 aliphatic carbocycles. The Labute approximate surface area is 113 Å². The zero-order chi connectivity index (χ0) is 13.8. The van der Waals surface area contributed by atoms with Crippen LogP contribution < -0.4 is 5.73 Å². The molecule has 19 heavy (non-hydrogen) atoms. The van der Waals surface area contributed by atoms with E-state index in [0.29, 0.717) is 11.6 Å². The molecule has 1 amide bonds. The molecule has 1 aliphatic heterocycles. The van der Waals surface area contributed by atoms with Gasteiger partial charge >= 0.3 is 0 Å². The number of carbonyl (C=O) groups is 1. The van der Waals surface area contributed by atoms with Gasteiger partial charge in [0.05, 0.1) is 17.6 Å². The van der Waals surface area contributed by atoms with E-state index < -0.39 is 0 Å². The van der Waals surface area contributed by atoms with Crippen LogP contribution in [0.5, 0.6) is 0 Å². The summed E-state index contributed by atoms with van der Waals surface area (Å²) >= 11 is 0. The van der Waals surface area contributed by atoms with E-state index in [1.54, 1.807) is 0 Å². The van der Waals surface area contributed by atoms with Crippen molar-refractivity contribution < 1.29 is 4.79 Å². The summed E-state index contributed by atoms with van der Waals surface area (Å²) in [7, 11) is 0. The van der Waals surface area contributed by atoms with Crippen LogP contribution in [0.1, 0.15) is 30.9 Å². The van der Waals surface area contributed by atoms with Crippen LogP contribution in [-0.4, -0.2) is 23.4 Å². The van der Waals surface area contributed by atoms with Crippen LogP contribution in [0.25, 0.3) is 0 Å². The molecule has 4 heteroatoms. The molecular weight excluding hydrogens is 238 g/mol. The lowest BCUT2D eigenvalue weighted by Crippen LogP contribution is -2.45. The van der Waals surface area contributed by atoms with Crippen molar-refractivity contribution in [2.75, 3.05) is 6.54 Å². The van der Waals surface area contributed by atoms with Gasteiger partial charge in [-0.1, -0.05) is 12.1 Å². The van der Waals surface area contributed by atoms with Crippen molar-refractivity contribution >= 4 is 5.91 Å². The van der Waals surface area contributed by atoms with Crippen LogP contribution >= 0.6 is 0 Å². The third-order valence-electron chi connectivity index (χ3n) is 3.88. The summed E-state index contributed by atoms with van der Waals surface area (Å²) in [5.74, 6) is -0.230. The molecule has 2 N–H and O–H groups in total. The SMILES string of the molecule is CC1CCC(C(N)=O)CN1Cc1ccc(C#N)cc1. The van der Waals surface area contributed by atoms with E-state index in [4.69, 9.17) is 11.0 Å². The van der Waals surface area contributed by atoms with Crippen LogP contribution in [0.2, 0.25) is 0 Å². The summed E-state index contributed by atoms with van der Waals surface area (Å²) in [6, 6.07) is 10.2. The minimum atomic E-state index is -0.197. The number of carbonyl (C=O) groups excluding carboxylic acids is 1. The first-order valence-corrected chi connectivity index (χ1v) is 6.62. The first kappa shape index (κ1) is 13.6. The first-order chi connectivity index (χ1) is 9.10. The van der Waals surface area contributed by atoms with Crippen LogP contribution in [0.3, 0.4) is 0 Å². The van der Waals surface area contributed by atoms with Crippen molar-refractivity contribution in [3.05, 3.63) is 35.4 Å². The molecule has 1 aromatic carbocycles. The molecule has 2 atom stereocenters. The average molecular weight is 257 g/mol. The van der Waals surface area contributed by atoms with Gasteiger partial charge in [-0.25, -0.2) is 0 Å². The Morgan fingerprint density at radius 2 is 2.11 bits per heavy atom. The average Bonchev–Trinajstić information content (AvgIpc) is 2.42. The van der Waals surface area contributed by atoms with Gasteiger partial charge in [-0.05, 0) is 37.5 Å². The Morgan fingerprint density at radius 1 is 1.42 bits per heavy atom. The van der Waals surface area contributed by atoms with Gasteiger partial charge in [0, 0.05) is 19.1 Å². The largest absolute Gasteiger partial charge is 0.369 e. The highest BCUT2D eigenvalue weighted by Crippen LogP contribution is 2.23. The maximum absolute atomic E-state index is 11.3. The molecule has 2 rings (SSSR count). The Morgan fingerprint density at radius 3 is 2.68 bits per heavy atom. The summed E-state index contributed by atoms with van der Waals surface area (Å²) in [6.07, 6.45) is 1.89. The lowest BCUT2D eigenvalue weighted by atomic mass is 9.92. The third kappa shape index (κ3) is 3.33. The van der Waals surface area contributed by atoms with Gasteiger partial charge in [-0.3, -0.25) is 9.69 Å². The fraction of sp³-hybridized carbons (Fsp3) is 0.467. The second-order valence-corrected chi connectivity index (χ2v) is 5.26. The van der Waals surface area contributed by atoms with E-state index in [-0.39, 0.29) is 11.8 Å². The van der Waals surface area contributed by atoms with E-state index in [1.165, 1.54) is 0 Å². The maximum atomic E-state index is 11.3. The van der Waals surface area contributed by atoms with Crippen LogP contribution in [0.4, 0.5) is 0 Å². The molecule has 1 aromatic rings. The van der Waals surface area contributed by atoms with Crippen LogP contribution in [-0.2, 0) is 11.3 Å². The molecule has 100 valence electrons. The lowest BCUT2D eigenvalue weighted by Gasteiger charge is -2.36. The number of primary amides is 1. The summed E-state index contributed by atoms with van der Waals surface area (Å²) in [5, 5.41) is 8.78. The fourth-order valence-electron chi connectivity index (χ4n) is 2.55. The fourth-order valence-corrected chi connectivity index (χ4v) is 2.55. The number of likely N-dealkylation sites (tertiary alicyclic amines) is 1. The number of benzene rings is 1. The quantitative estimate of drug-likeness (QED) is 0.895. The van der Waals surface area contributed by atoms with E-state index in [1.807, 2.05) is 24.3 Å². The predicted molar refractivity (Wildman–Crippen MR) is 72.9 cm³/mol. The molecule has 4 nitrogen and oxygen atoms in total. The number of piperidine rings is 1. The van der Waals surface area contributed by atoms with E-state index in [0.717, 1.165) is 31.5 Å². The zero-order valence-corrected chi connectivity index (χ0v) is 11.2. The molecule has 0 aromatic heterocycles. The van der Waals surface area contributed by atoms with E-state index in [2.05, 4.69) is 17.9 Å². The lowest BCUT2D eigenvalue weighted by molar-refractivity contribution is -0.124. The van der Waals surface area contributed by atoms with Gasteiger partial charge in [0.15, 0.2) is 0 Å². The minimum absolute atomic E-state index is 0.0328. The molecular formula is C15H19N3O. The monoisotopic (exact) mass is 257 g/mol. The number of hydrogen-bond acceptors (Lipinski definition) is 3. The van der Waals surface area contributed by atoms with Crippen molar-refractivity contribution in [1.29, 1.82) is 5.26 Å². The standard InChI is InChI=1S/C15H19N3O/c1-11-2-7-14(15(17)19)10-18(11)9-13-5-3-12(8-16)4-6-13/h3-6,11,14H,2,7,9-10H2,1H3,(H2,17,19). The van der Waals surface area contributed by atoms with E-state index >= 15 is 0 Å². The molecule has 0 radical (unpaired) electrons. The van der Waals surface area contributed by atoms with Crippen molar-refractivity contribution in [2.24, 2.45) is 11.7 Å². The second-order valence-electron chi connectivity index (χ2n) is 5.26. The second kappa shape index (κ2) is 5.85. The Bertz CT molecular complexity index is 489. The highest BCUT2D eigenvalue weighted by atomic mass is 16.1. The van der Waals surface area contributed by atoms with Crippen molar-refractivity contribution in [3.63, 3.8) is 0 Å². The Hall–Kier alpha value is -1.86. The van der Waals surface area contributed by atoms with Crippen LogP contribution in [0, 0.1) is 17.2 Å². The minimum Gasteiger partial charge on any atom is -0.369 e. The van der Waals surface area contributed by atoms with Crippen molar-refractivity contribution in [3.8, 4) is 6.07 Å². The number of nitrogens with zero attached hydrogens (tertiary/aromatic N) is 2. The Balaban J connectivity index is 2.03. The van der Waals surface area contributed by atoms with Gasteiger partial charge in [0.2, 0.25) is 5.91 Å². The predicted octanol–water partition coefficient (Wildman–Crippen LogP) is 1.64. The smallest absolute Gasteiger partial charge is 0.221 e. The van der Waals surface area contributed by atoms with Gasteiger partial charge in [0.1, 0.15) is 0 Å². The first-order valence-electron chi connectivity index (χ1n) is 6.62. The zero-order valence-electron chi connectivity index (χ0n) is 11.2. The normalized spacial score (nSPS) is 23.8. The molecule has 1 heterocycles.